The van der Waals surface area contributed by atoms with Crippen LogP contribution in [-0.4, -0.2) is 48.2 Å². The van der Waals surface area contributed by atoms with Gasteiger partial charge in [0.2, 0.25) is 5.88 Å². The predicted octanol–water partition coefficient (Wildman–Crippen LogP) is 4.20. The summed E-state index contributed by atoms with van der Waals surface area (Å²) in [6.45, 7) is 2.75. The zero-order valence-electron chi connectivity index (χ0n) is 21.9. The van der Waals surface area contributed by atoms with Gasteiger partial charge in [0.1, 0.15) is 17.2 Å². The van der Waals surface area contributed by atoms with Crippen LogP contribution in [0.2, 0.25) is 0 Å². The maximum absolute atomic E-state index is 15.6. The van der Waals surface area contributed by atoms with Crippen LogP contribution in [0.4, 0.5) is 30.2 Å². The number of nitrogens with zero attached hydrogens (tertiary/aromatic N) is 2. The molecule has 212 valence electrons. The minimum atomic E-state index is -1.23. The van der Waals surface area contributed by atoms with E-state index in [0.29, 0.717) is 31.2 Å². The number of aromatic nitrogens is 1. The molecule has 1 unspecified atom stereocenters. The van der Waals surface area contributed by atoms with Gasteiger partial charge in [-0.2, -0.15) is 5.17 Å². The number of aryl methyl sites for hydroxylation is 1. The number of carbonyl (C=O) groups is 1. The van der Waals surface area contributed by atoms with Gasteiger partial charge < -0.3 is 20.5 Å². The number of hydrazine groups is 1. The average molecular weight is 559 g/mol. The van der Waals surface area contributed by atoms with E-state index in [4.69, 9.17) is 20.6 Å². The van der Waals surface area contributed by atoms with Crippen molar-refractivity contribution in [1.29, 1.82) is 5.41 Å². The number of halogens is 3. The Morgan fingerprint density at radius 2 is 2.05 bits per heavy atom. The maximum atomic E-state index is 15.6. The number of carbonyl (C=O) groups excluding carboxylic acids is 1. The van der Waals surface area contributed by atoms with E-state index in [0.717, 1.165) is 36.2 Å². The highest BCUT2D eigenvalue weighted by atomic mass is 19.1. The van der Waals surface area contributed by atoms with E-state index >= 15 is 8.78 Å². The number of pyridine rings is 1. The summed E-state index contributed by atoms with van der Waals surface area (Å²) in [6.07, 6.45) is 3.57. The van der Waals surface area contributed by atoms with E-state index < -0.39 is 51.6 Å². The van der Waals surface area contributed by atoms with Gasteiger partial charge in [0.15, 0.2) is 11.6 Å². The van der Waals surface area contributed by atoms with Crippen LogP contribution in [0, 0.1) is 22.9 Å². The first-order valence-corrected chi connectivity index (χ1v) is 12.5. The fourth-order valence-corrected chi connectivity index (χ4v) is 4.28. The standard InChI is InChI=1S/C27H29F3N6O4/c1-3-14-11-20(27(39-2)33-12-14)36(38)35-19-9-8-18(28)21(23(19)30)16-6-7-17(24(31)22(16)29)25(32)26(37)34-15-5-4-10-40-13-15/h6-9,11-12,15,32,35,38H,3-5,10,13,31H2,1-2H3,(H,34,37). The van der Waals surface area contributed by atoms with Gasteiger partial charge in [-0.15, -0.1) is 0 Å². The molecule has 1 amide bonds. The van der Waals surface area contributed by atoms with Gasteiger partial charge in [-0.1, -0.05) is 13.0 Å². The molecule has 3 aromatic rings. The van der Waals surface area contributed by atoms with Gasteiger partial charge in [0.05, 0.1) is 36.7 Å². The van der Waals surface area contributed by atoms with Crippen molar-refractivity contribution in [2.24, 2.45) is 0 Å². The number of nitrogens with two attached hydrogens (primary N) is 1. The lowest BCUT2D eigenvalue weighted by Gasteiger charge is -2.23. The average Bonchev–Trinajstić information content (AvgIpc) is 2.96. The second-order valence-corrected chi connectivity index (χ2v) is 9.08. The summed E-state index contributed by atoms with van der Waals surface area (Å²) in [5.74, 6) is -4.29. The largest absolute Gasteiger partial charge is 0.479 e. The second kappa shape index (κ2) is 12.2. The maximum Gasteiger partial charge on any atom is 0.270 e. The summed E-state index contributed by atoms with van der Waals surface area (Å²) >= 11 is 0. The molecule has 1 saturated heterocycles. The minimum Gasteiger partial charge on any atom is -0.479 e. The second-order valence-electron chi connectivity index (χ2n) is 9.08. The molecule has 1 aromatic heterocycles. The molecule has 0 radical (unpaired) electrons. The van der Waals surface area contributed by atoms with Crippen LogP contribution in [0.5, 0.6) is 5.88 Å². The zero-order valence-corrected chi connectivity index (χ0v) is 21.9. The molecule has 2 heterocycles. The molecule has 4 rings (SSSR count). The summed E-state index contributed by atoms with van der Waals surface area (Å²) in [7, 11) is 1.34. The molecule has 1 atom stereocenters. The van der Waals surface area contributed by atoms with Crippen molar-refractivity contribution in [3.8, 4) is 17.0 Å². The number of hydrogen-bond donors (Lipinski definition) is 5. The molecule has 10 nitrogen and oxygen atoms in total. The smallest absolute Gasteiger partial charge is 0.270 e. The van der Waals surface area contributed by atoms with Gasteiger partial charge in [-0.05, 0) is 49.1 Å². The first-order chi connectivity index (χ1) is 19.2. The minimum absolute atomic E-state index is 0.0341. The summed E-state index contributed by atoms with van der Waals surface area (Å²) in [6, 6.07) is 5.36. The Hall–Kier alpha value is -4.36. The third-order valence-electron chi connectivity index (χ3n) is 6.48. The Labute approximate surface area is 228 Å². The molecule has 0 bridgehead atoms. The lowest BCUT2D eigenvalue weighted by Crippen LogP contribution is -2.43. The fourth-order valence-electron chi connectivity index (χ4n) is 4.28. The Morgan fingerprint density at radius 3 is 2.73 bits per heavy atom. The van der Waals surface area contributed by atoms with Crippen molar-refractivity contribution in [3.63, 3.8) is 0 Å². The molecular formula is C27H29F3N6O4. The van der Waals surface area contributed by atoms with Crippen molar-refractivity contribution < 1.29 is 32.6 Å². The number of nitrogens with one attached hydrogen (secondary N) is 3. The van der Waals surface area contributed by atoms with Gasteiger partial charge in [0, 0.05) is 23.9 Å². The highest BCUT2D eigenvalue weighted by molar-refractivity contribution is 6.45. The van der Waals surface area contributed by atoms with E-state index in [-0.39, 0.29) is 23.2 Å². The van der Waals surface area contributed by atoms with E-state index in [2.05, 4.69) is 15.7 Å². The predicted molar refractivity (Wildman–Crippen MR) is 143 cm³/mol. The van der Waals surface area contributed by atoms with Crippen molar-refractivity contribution >= 4 is 28.7 Å². The molecule has 1 aliphatic rings. The third kappa shape index (κ3) is 5.80. The normalized spacial score (nSPS) is 14.9. The van der Waals surface area contributed by atoms with E-state index in [1.165, 1.54) is 7.11 Å². The first-order valence-electron chi connectivity index (χ1n) is 12.5. The van der Waals surface area contributed by atoms with Crippen molar-refractivity contribution in [1.82, 2.24) is 10.3 Å². The molecule has 40 heavy (non-hydrogen) atoms. The third-order valence-corrected chi connectivity index (χ3v) is 6.48. The first kappa shape index (κ1) is 28.6. The summed E-state index contributed by atoms with van der Waals surface area (Å²) in [5, 5.41) is 21.9. The molecular weight excluding hydrogens is 529 g/mol. The number of amides is 1. The van der Waals surface area contributed by atoms with Crippen LogP contribution >= 0.6 is 0 Å². The molecule has 0 spiro atoms. The molecule has 1 fully saturated rings. The van der Waals surface area contributed by atoms with E-state index in [9.17, 15) is 14.4 Å². The Morgan fingerprint density at radius 1 is 1.27 bits per heavy atom. The van der Waals surface area contributed by atoms with Gasteiger partial charge >= 0.3 is 0 Å². The number of rotatable bonds is 9. The fraction of sp³-hybridized carbons (Fsp3) is 0.296. The van der Waals surface area contributed by atoms with Crippen LogP contribution in [-0.2, 0) is 16.0 Å². The number of ether oxygens (including phenoxy) is 2. The lowest BCUT2D eigenvalue weighted by molar-refractivity contribution is -0.116. The van der Waals surface area contributed by atoms with Crippen LogP contribution in [0.3, 0.4) is 0 Å². The number of methoxy groups -OCH3 is 1. The topological polar surface area (TPSA) is 146 Å². The van der Waals surface area contributed by atoms with Crippen molar-refractivity contribution in [3.05, 3.63) is 65.1 Å². The van der Waals surface area contributed by atoms with Crippen LogP contribution in [0.1, 0.15) is 30.9 Å². The number of hydrogen-bond acceptors (Lipinski definition) is 9. The monoisotopic (exact) mass is 558 g/mol. The summed E-state index contributed by atoms with van der Waals surface area (Å²) < 4.78 is 56.3. The Kier molecular flexibility index (Phi) is 8.75. The van der Waals surface area contributed by atoms with Crippen LogP contribution < -0.4 is 26.4 Å². The van der Waals surface area contributed by atoms with Crippen molar-refractivity contribution in [2.75, 3.05) is 36.7 Å². The van der Waals surface area contributed by atoms with Gasteiger partial charge in [-0.3, -0.25) is 20.8 Å². The van der Waals surface area contributed by atoms with Gasteiger partial charge in [-0.25, -0.2) is 18.2 Å². The number of benzene rings is 2. The Bertz CT molecular complexity index is 1430. The number of nitrogen functional groups attached to an aromatic ring is 1. The molecule has 2 aromatic carbocycles. The summed E-state index contributed by atoms with van der Waals surface area (Å²) in [4.78, 5) is 16.6. The van der Waals surface area contributed by atoms with Crippen LogP contribution in [0.25, 0.3) is 11.1 Å². The zero-order chi connectivity index (χ0) is 29.0. The molecule has 0 saturated carbocycles. The molecule has 1 aliphatic heterocycles. The highest BCUT2D eigenvalue weighted by Gasteiger charge is 2.26. The molecule has 6 N–H and O–H groups in total. The summed E-state index contributed by atoms with van der Waals surface area (Å²) in [5.41, 5.74) is 5.94. The lowest BCUT2D eigenvalue weighted by atomic mass is 9.97. The highest BCUT2D eigenvalue weighted by Crippen LogP contribution is 2.36. The molecule has 13 heteroatoms. The Balaban J connectivity index is 1.63. The molecule has 0 aliphatic carbocycles. The van der Waals surface area contributed by atoms with Gasteiger partial charge in [0.25, 0.3) is 5.91 Å². The SMILES string of the molecule is CCc1cnc(OC)c(N(O)Nc2ccc(F)c(-c3ccc(C(=N)C(=O)NC4CCCOC4)c(N)c3F)c2F)c1. The van der Waals surface area contributed by atoms with Crippen LogP contribution in [0.15, 0.2) is 36.5 Å². The van der Waals surface area contributed by atoms with Crippen molar-refractivity contribution in [2.45, 2.75) is 32.2 Å². The van der Waals surface area contributed by atoms with E-state index in [1.54, 1.807) is 12.3 Å². The quantitative estimate of drug-likeness (QED) is 0.149. The van der Waals surface area contributed by atoms with E-state index in [1.807, 2.05) is 6.92 Å². The number of anilines is 3.